The molecule has 2 nitrogen and oxygen atoms in total. The van der Waals surface area contributed by atoms with Crippen molar-refractivity contribution in [3.8, 4) is 11.5 Å². The normalized spacial score (nSPS) is 11.6. The SMILES string of the molecule is CC(C)(C)OC(=O)c1cc(S)cc(C#C[Si](C)(C)C)c1. The zero-order chi connectivity index (χ0) is 15.6. The van der Waals surface area contributed by atoms with Gasteiger partial charge in [-0.2, -0.15) is 0 Å². The summed E-state index contributed by atoms with van der Waals surface area (Å²) in [7, 11) is -1.44. The van der Waals surface area contributed by atoms with Crippen LogP contribution in [0.4, 0.5) is 0 Å². The van der Waals surface area contributed by atoms with E-state index in [-0.39, 0.29) is 5.97 Å². The highest BCUT2D eigenvalue weighted by Gasteiger charge is 2.18. The fourth-order valence-electron chi connectivity index (χ4n) is 1.40. The van der Waals surface area contributed by atoms with Gasteiger partial charge < -0.3 is 4.74 Å². The topological polar surface area (TPSA) is 26.3 Å². The second-order valence-corrected chi connectivity index (χ2v) is 12.0. The van der Waals surface area contributed by atoms with Gasteiger partial charge in [-0.15, -0.1) is 18.2 Å². The summed E-state index contributed by atoms with van der Waals surface area (Å²) in [5.74, 6) is 2.80. The summed E-state index contributed by atoms with van der Waals surface area (Å²) in [4.78, 5) is 12.8. The highest BCUT2D eigenvalue weighted by Crippen LogP contribution is 2.17. The largest absolute Gasteiger partial charge is 0.456 e. The van der Waals surface area contributed by atoms with Gasteiger partial charge in [-0.3, -0.25) is 0 Å². The molecule has 0 bridgehead atoms. The lowest BCUT2D eigenvalue weighted by Gasteiger charge is -2.19. The van der Waals surface area contributed by atoms with Crippen molar-refractivity contribution < 1.29 is 9.53 Å². The molecule has 0 heterocycles. The second-order valence-electron chi connectivity index (χ2n) is 6.77. The molecule has 0 radical (unpaired) electrons. The fourth-order valence-corrected chi connectivity index (χ4v) is 2.20. The van der Waals surface area contributed by atoms with E-state index in [4.69, 9.17) is 4.74 Å². The van der Waals surface area contributed by atoms with Crippen LogP contribution in [0.1, 0.15) is 36.7 Å². The highest BCUT2D eigenvalue weighted by atomic mass is 32.1. The number of thiol groups is 1. The van der Waals surface area contributed by atoms with Gasteiger partial charge in [-0.1, -0.05) is 25.6 Å². The average Bonchev–Trinajstić information content (AvgIpc) is 2.22. The van der Waals surface area contributed by atoms with Crippen molar-refractivity contribution in [2.24, 2.45) is 0 Å². The van der Waals surface area contributed by atoms with Gasteiger partial charge in [0.2, 0.25) is 0 Å². The maximum Gasteiger partial charge on any atom is 0.338 e. The summed E-state index contributed by atoms with van der Waals surface area (Å²) in [6.45, 7) is 12.1. The molecule has 0 atom stereocenters. The van der Waals surface area contributed by atoms with Crippen LogP contribution < -0.4 is 0 Å². The Kier molecular flexibility index (Phi) is 5.12. The number of esters is 1. The van der Waals surface area contributed by atoms with E-state index in [0.717, 1.165) is 5.56 Å². The zero-order valence-electron chi connectivity index (χ0n) is 13.0. The molecule has 0 spiro atoms. The molecule has 0 aliphatic carbocycles. The number of rotatable bonds is 1. The van der Waals surface area contributed by atoms with E-state index in [1.54, 1.807) is 12.1 Å². The van der Waals surface area contributed by atoms with Crippen LogP contribution in [-0.4, -0.2) is 19.6 Å². The van der Waals surface area contributed by atoms with Crippen LogP contribution in [0.15, 0.2) is 23.1 Å². The Bertz CT molecular complexity index is 569. The van der Waals surface area contributed by atoms with Gasteiger partial charge in [-0.05, 0) is 39.0 Å². The van der Waals surface area contributed by atoms with Crippen molar-refractivity contribution in [2.45, 2.75) is 50.9 Å². The third-order valence-corrected chi connectivity index (χ3v) is 3.27. The van der Waals surface area contributed by atoms with Crippen LogP contribution >= 0.6 is 12.6 Å². The van der Waals surface area contributed by atoms with Crippen molar-refractivity contribution in [1.82, 2.24) is 0 Å². The molecule has 1 aromatic rings. The van der Waals surface area contributed by atoms with E-state index in [2.05, 4.69) is 43.7 Å². The van der Waals surface area contributed by atoms with Crippen LogP contribution in [0.25, 0.3) is 0 Å². The highest BCUT2D eigenvalue weighted by molar-refractivity contribution is 7.80. The standard InChI is InChI=1S/C16H22O2SSi/c1-16(2,3)18-15(17)13-9-12(10-14(19)11-13)7-8-20(4,5)6/h9-11,19H,1-6H3. The van der Waals surface area contributed by atoms with Crippen LogP contribution in [0.5, 0.6) is 0 Å². The maximum atomic E-state index is 12.1. The first kappa shape index (κ1) is 16.9. The first-order valence-electron chi connectivity index (χ1n) is 6.57. The lowest BCUT2D eigenvalue weighted by molar-refractivity contribution is 0.00692. The van der Waals surface area contributed by atoms with Crippen molar-refractivity contribution in [3.05, 3.63) is 29.3 Å². The monoisotopic (exact) mass is 306 g/mol. The smallest absolute Gasteiger partial charge is 0.338 e. The summed E-state index contributed by atoms with van der Waals surface area (Å²) in [5, 5.41) is 0. The summed E-state index contributed by atoms with van der Waals surface area (Å²) < 4.78 is 5.37. The molecule has 4 heteroatoms. The second kappa shape index (κ2) is 6.07. The van der Waals surface area contributed by atoms with E-state index in [9.17, 15) is 4.79 Å². The summed E-state index contributed by atoms with van der Waals surface area (Å²) in [5.41, 5.74) is 4.08. The molecular weight excluding hydrogens is 284 g/mol. The quantitative estimate of drug-likeness (QED) is 0.365. The molecule has 0 unspecified atom stereocenters. The molecular formula is C16H22O2SSi. The van der Waals surface area contributed by atoms with E-state index in [1.807, 2.05) is 26.8 Å². The molecule has 1 rings (SSSR count). The van der Waals surface area contributed by atoms with Gasteiger partial charge in [-0.25, -0.2) is 4.79 Å². The Morgan fingerprint density at radius 3 is 2.30 bits per heavy atom. The number of carbonyl (C=O) groups is 1. The summed E-state index contributed by atoms with van der Waals surface area (Å²) in [6.07, 6.45) is 0. The Labute approximate surface area is 128 Å². The predicted octanol–water partition coefficient (Wildman–Crippen LogP) is 4.16. The Morgan fingerprint density at radius 2 is 1.80 bits per heavy atom. The third-order valence-electron chi connectivity index (χ3n) is 2.13. The summed E-state index contributed by atoms with van der Waals surface area (Å²) in [6, 6.07) is 5.34. The molecule has 108 valence electrons. The number of carbonyl (C=O) groups excluding carboxylic acids is 1. The molecule has 0 aromatic heterocycles. The minimum absolute atomic E-state index is 0.343. The first-order valence-corrected chi connectivity index (χ1v) is 10.5. The average molecular weight is 307 g/mol. The van der Waals surface area contributed by atoms with Gasteiger partial charge in [0.05, 0.1) is 5.56 Å². The summed E-state index contributed by atoms with van der Waals surface area (Å²) >= 11 is 4.33. The predicted molar refractivity (Wildman–Crippen MR) is 89.1 cm³/mol. The molecule has 0 aliphatic rings. The van der Waals surface area contributed by atoms with Crippen LogP contribution in [-0.2, 0) is 4.74 Å². The van der Waals surface area contributed by atoms with E-state index in [0.29, 0.717) is 10.5 Å². The zero-order valence-corrected chi connectivity index (χ0v) is 14.9. The molecule has 0 saturated carbocycles. The molecule has 0 saturated heterocycles. The van der Waals surface area contributed by atoms with E-state index >= 15 is 0 Å². The molecule has 1 aromatic carbocycles. The fraction of sp³-hybridized carbons (Fsp3) is 0.438. The van der Waals surface area contributed by atoms with E-state index in [1.165, 1.54) is 0 Å². The van der Waals surface area contributed by atoms with Crippen molar-refractivity contribution in [1.29, 1.82) is 0 Å². The molecule has 0 amide bonds. The van der Waals surface area contributed by atoms with E-state index < -0.39 is 13.7 Å². The number of ether oxygens (including phenoxy) is 1. The minimum Gasteiger partial charge on any atom is -0.456 e. The maximum absolute atomic E-state index is 12.1. The number of hydrogen-bond acceptors (Lipinski definition) is 3. The van der Waals surface area contributed by atoms with Crippen molar-refractivity contribution >= 4 is 26.7 Å². The van der Waals surface area contributed by atoms with Crippen LogP contribution in [0, 0.1) is 11.5 Å². The van der Waals surface area contributed by atoms with Crippen molar-refractivity contribution in [3.63, 3.8) is 0 Å². The Morgan fingerprint density at radius 1 is 1.20 bits per heavy atom. The molecule has 0 fully saturated rings. The van der Waals surface area contributed by atoms with Crippen molar-refractivity contribution in [2.75, 3.05) is 0 Å². The molecule has 0 aliphatic heterocycles. The Balaban J connectivity index is 3.09. The van der Waals surface area contributed by atoms with Gasteiger partial charge in [0.1, 0.15) is 13.7 Å². The number of benzene rings is 1. The van der Waals surface area contributed by atoms with Crippen LogP contribution in [0.3, 0.4) is 0 Å². The van der Waals surface area contributed by atoms with Crippen LogP contribution in [0.2, 0.25) is 19.6 Å². The van der Waals surface area contributed by atoms with Gasteiger partial charge in [0.25, 0.3) is 0 Å². The lowest BCUT2D eigenvalue weighted by Crippen LogP contribution is -2.24. The number of hydrogen-bond donors (Lipinski definition) is 1. The minimum atomic E-state index is -1.44. The van der Waals surface area contributed by atoms with Gasteiger partial charge in [0, 0.05) is 10.5 Å². The molecule has 20 heavy (non-hydrogen) atoms. The molecule has 0 N–H and O–H groups in total. The van der Waals surface area contributed by atoms with Gasteiger partial charge >= 0.3 is 5.97 Å². The first-order chi connectivity index (χ1) is 8.96. The van der Waals surface area contributed by atoms with Gasteiger partial charge in [0.15, 0.2) is 0 Å². The third kappa shape index (κ3) is 6.31. The lowest BCUT2D eigenvalue weighted by atomic mass is 10.1. The Hall–Kier alpha value is -1.18.